The SMILES string of the molecule is CC[C@H](C)[C@@H](C(=O)N[C@@H](CC(C)C)C(=O)[O-])n1c(=O)[nH]c2ccccc2c1=O. The van der Waals surface area contributed by atoms with Crippen LogP contribution < -0.4 is 21.7 Å². The number of hydrogen-bond acceptors (Lipinski definition) is 5. The number of amides is 1. The third-order valence-electron chi connectivity index (χ3n) is 4.87. The first-order valence-electron chi connectivity index (χ1n) is 9.42. The first kappa shape index (κ1) is 21.4. The van der Waals surface area contributed by atoms with Crippen LogP contribution in [-0.2, 0) is 9.59 Å². The van der Waals surface area contributed by atoms with E-state index in [1.807, 2.05) is 20.8 Å². The maximum absolute atomic E-state index is 13.0. The van der Waals surface area contributed by atoms with E-state index in [9.17, 15) is 24.3 Å². The fourth-order valence-electron chi connectivity index (χ4n) is 3.22. The number of benzene rings is 1. The number of aromatic nitrogens is 2. The molecule has 0 unspecified atom stereocenters. The molecule has 2 rings (SSSR count). The molecule has 0 saturated heterocycles. The Morgan fingerprint density at radius 1 is 1.18 bits per heavy atom. The number of aliphatic carboxylic acids is 1. The van der Waals surface area contributed by atoms with Gasteiger partial charge in [0.15, 0.2) is 0 Å². The minimum atomic E-state index is -1.40. The van der Waals surface area contributed by atoms with Crippen molar-refractivity contribution in [3.63, 3.8) is 0 Å². The van der Waals surface area contributed by atoms with Gasteiger partial charge >= 0.3 is 5.69 Å². The molecule has 28 heavy (non-hydrogen) atoms. The number of carboxylic acid groups (broad SMARTS) is 1. The molecule has 0 saturated carbocycles. The molecule has 8 nitrogen and oxygen atoms in total. The second-order valence-electron chi connectivity index (χ2n) is 7.49. The minimum absolute atomic E-state index is 0.0112. The van der Waals surface area contributed by atoms with Crippen LogP contribution in [0, 0.1) is 11.8 Å². The van der Waals surface area contributed by atoms with Crippen LogP contribution in [0.2, 0.25) is 0 Å². The predicted molar refractivity (Wildman–Crippen MR) is 104 cm³/mol. The Hall–Kier alpha value is -2.90. The largest absolute Gasteiger partial charge is 0.548 e. The van der Waals surface area contributed by atoms with Gasteiger partial charge < -0.3 is 20.2 Å². The van der Waals surface area contributed by atoms with E-state index in [1.165, 1.54) is 0 Å². The lowest BCUT2D eigenvalue weighted by Gasteiger charge is -2.28. The molecule has 2 aromatic rings. The number of carboxylic acids is 1. The van der Waals surface area contributed by atoms with E-state index >= 15 is 0 Å². The number of H-pyrrole nitrogens is 1. The van der Waals surface area contributed by atoms with Crippen molar-refractivity contribution < 1.29 is 14.7 Å². The van der Waals surface area contributed by atoms with E-state index in [1.54, 1.807) is 31.2 Å². The van der Waals surface area contributed by atoms with Crippen molar-refractivity contribution in [3.8, 4) is 0 Å². The quantitative estimate of drug-likeness (QED) is 0.684. The summed E-state index contributed by atoms with van der Waals surface area (Å²) in [5.41, 5.74) is -0.920. The molecule has 0 fully saturated rings. The minimum Gasteiger partial charge on any atom is -0.548 e. The highest BCUT2D eigenvalue weighted by Crippen LogP contribution is 2.20. The number of nitrogens with one attached hydrogen (secondary N) is 2. The van der Waals surface area contributed by atoms with E-state index in [-0.39, 0.29) is 23.6 Å². The highest BCUT2D eigenvalue weighted by Gasteiger charge is 2.31. The Kier molecular flexibility index (Phi) is 6.77. The molecular formula is C20H26N3O5-. The summed E-state index contributed by atoms with van der Waals surface area (Å²) in [7, 11) is 0. The lowest BCUT2D eigenvalue weighted by Crippen LogP contribution is -2.53. The zero-order valence-corrected chi connectivity index (χ0v) is 16.5. The van der Waals surface area contributed by atoms with Gasteiger partial charge in [-0.05, 0) is 30.4 Å². The second kappa shape index (κ2) is 8.86. The van der Waals surface area contributed by atoms with Gasteiger partial charge in [-0.15, -0.1) is 0 Å². The summed E-state index contributed by atoms with van der Waals surface area (Å²) in [6, 6.07) is 4.19. The molecule has 1 amide bonds. The van der Waals surface area contributed by atoms with E-state index in [2.05, 4.69) is 10.3 Å². The Morgan fingerprint density at radius 2 is 1.82 bits per heavy atom. The molecule has 0 bridgehead atoms. The number of rotatable bonds is 8. The number of hydrogen-bond donors (Lipinski definition) is 2. The molecule has 0 spiro atoms. The maximum Gasteiger partial charge on any atom is 0.329 e. The Balaban J connectivity index is 2.54. The van der Waals surface area contributed by atoms with Crippen LogP contribution >= 0.6 is 0 Å². The molecule has 1 aromatic heterocycles. The highest BCUT2D eigenvalue weighted by atomic mass is 16.4. The lowest BCUT2D eigenvalue weighted by molar-refractivity contribution is -0.308. The van der Waals surface area contributed by atoms with E-state index in [4.69, 9.17) is 0 Å². The zero-order chi connectivity index (χ0) is 21.0. The molecular weight excluding hydrogens is 362 g/mol. The Morgan fingerprint density at radius 3 is 2.39 bits per heavy atom. The number of aromatic amines is 1. The second-order valence-corrected chi connectivity index (χ2v) is 7.49. The molecule has 1 heterocycles. The van der Waals surface area contributed by atoms with Crippen LogP contribution in [0.15, 0.2) is 33.9 Å². The monoisotopic (exact) mass is 388 g/mol. The summed E-state index contributed by atoms with van der Waals surface area (Å²) in [5.74, 6) is -2.45. The van der Waals surface area contributed by atoms with Crippen molar-refractivity contribution in [3.05, 3.63) is 45.1 Å². The van der Waals surface area contributed by atoms with Crippen molar-refractivity contribution in [1.29, 1.82) is 0 Å². The van der Waals surface area contributed by atoms with Crippen molar-refractivity contribution in [2.75, 3.05) is 0 Å². The van der Waals surface area contributed by atoms with Gasteiger partial charge in [0.1, 0.15) is 6.04 Å². The number of carbonyl (C=O) groups is 2. The standard InChI is InChI=1S/C20H27N3O5/c1-5-12(4)16(17(24)21-15(19(26)27)10-11(2)3)23-18(25)13-8-6-7-9-14(13)22-20(23)28/h6-9,11-12,15-16H,5,10H2,1-4H3,(H,21,24)(H,22,28)(H,26,27)/p-1/t12-,15-,16-/m0/s1. The summed E-state index contributed by atoms with van der Waals surface area (Å²) in [4.78, 5) is 52.6. The third kappa shape index (κ3) is 4.49. The van der Waals surface area contributed by atoms with Gasteiger partial charge in [-0.3, -0.25) is 9.59 Å². The van der Waals surface area contributed by atoms with Crippen LogP contribution in [0.3, 0.4) is 0 Å². The first-order chi connectivity index (χ1) is 13.2. The number of carbonyl (C=O) groups excluding carboxylic acids is 2. The fraction of sp³-hybridized carbons (Fsp3) is 0.500. The molecule has 8 heteroatoms. The first-order valence-corrected chi connectivity index (χ1v) is 9.42. The van der Waals surface area contributed by atoms with Gasteiger partial charge in [0, 0.05) is 0 Å². The van der Waals surface area contributed by atoms with Crippen LogP contribution in [0.5, 0.6) is 0 Å². The number of fused-ring (bicyclic) bond motifs is 1. The van der Waals surface area contributed by atoms with Gasteiger partial charge in [-0.25, -0.2) is 9.36 Å². The molecule has 0 aliphatic rings. The van der Waals surface area contributed by atoms with Gasteiger partial charge in [-0.1, -0.05) is 46.2 Å². The summed E-state index contributed by atoms with van der Waals surface area (Å²) in [6.45, 7) is 7.22. The normalized spacial score (nSPS) is 14.6. The summed E-state index contributed by atoms with van der Waals surface area (Å²) < 4.78 is 0.882. The van der Waals surface area contributed by atoms with Gasteiger partial charge in [0.2, 0.25) is 5.91 Å². The summed E-state index contributed by atoms with van der Waals surface area (Å²) >= 11 is 0. The average molecular weight is 388 g/mol. The van der Waals surface area contributed by atoms with Crippen LogP contribution in [0.25, 0.3) is 10.9 Å². The molecule has 152 valence electrons. The average Bonchev–Trinajstić information content (AvgIpc) is 2.63. The van der Waals surface area contributed by atoms with Gasteiger partial charge in [0.25, 0.3) is 5.56 Å². The fourth-order valence-corrected chi connectivity index (χ4v) is 3.22. The van der Waals surface area contributed by atoms with Crippen molar-refractivity contribution in [2.45, 2.75) is 52.6 Å². The van der Waals surface area contributed by atoms with Crippen molar-refractivity contribution in [2.24, 2.45) is 11.8 Å². The third-order valence-corrected chi connectivity index (χ3v) is 4.87. The number of para-hydroxylation sites is 1. The van der Waals surface area contributed by atoms with Gasteiger partial charge in [0.05, 0.1) is 22.9 Å². The van der Waals surface area contributed by atoms with E-state index in [0.717, 1.165) is 4.57 Å². The van der Waals surface area contributed by atoms with E-state index in [0.29, 0.717) is 11.9 Å². The lowest BCUT2D eigenvalue weighted by atomic mass is 9.96. The molecule has 0 aliphatic heterocycles. The maximum atomic E-state index is 13.0. The van der Waals surface area contributed by atoms with Crippen LogP contribution in [-0.4, -0.2) is 27.5 Å². The van der Waals surface area contributed by atoms with Crippen molar-refractivity contribution in [1.82, 2.24) is 14.9 Å². The van der Waals surface area contributed by atoms with Crippen molar-refractivity contribution >= 4 is 22.8 Å². The predicted octanol–water partition coefficient (Wildman–Crippen LogP) is 0.558. The molecule has 0 radical (unpaired) electrons. The topological polar surface area (TPSA) is 124 Å². The Labute approximate surface area is 162 Å². The number of nitrogens with zero attached hydrogens (tertiary/aromatic N) is 1. The summed E-state index contributed by atoms with van der Waals surface area (Å²) in [6.07, 6.45) is 0.696. The Bertz CT molecular complexity index is 976. The van der Waals surface area contributed by atoms with Crippen LogP contribution in [0.4, 0.5) is 0 Å². The van der Waals surface area contributed by atoms with E-state index < -0.39 is 35.2 Å². The summed E-state index contributed by atoms with van der Waals surface area (Å²) in [5, 5.41) is 14.1. The van der Waals surface area contributed by atoms with Gasteiger partial charge in [-0.2, -0.15) is 0 Å². The smallest absolute Gasteiger partial charge is 0.329 e. The molecule has 0 aliphatic carbocycles. The highest BCUT2D eigenvalue weighted by molar-refractivity contribution is 5.86. The zero-order valence-electron chi connectivity index (χ0n) is 16.5. The molecule has 1 aromatic carbocycles. The molecule has 2 N–H and O–H groups in total. The van der Waals surface area contributed by atoms with Crippen LogP contribution in [0.1, 0.15) is 46.6 Å². The molecule has 3 atom stereocenters.